The minimum absolute atomic E-state index is 0.0511. The number of nitrogens with one attached hydrogen (secondary N) is 1. The highest BCUT2D eigenvalue weighted by Gasteiger charge is 2.29. The lowest BCUT2D eigenvalue weighted by molar-refractivity contribution is -0.122. The molecule has 0 spiro atoms. The number of carbonyl (C=O) groups excluding carboxylic acids is 1. The van der Waals surface area contributed by atoms with Gasteiger partial charge < -0.3 is 16.0 Å². The van der Waals surface area contributed by atoms with Gasteiger partial charge >= 0.3 is 0 Å². The molecule has 0 aromatic carbocycles. The topological polar surface area (TPSA) is 58.4 Å². The van der Waals surface area contributed by atoms with Crippen molar-refractivity contribution in [1.82, 2.24) is 10.2 Å². The van der Waals surface area contributed by atoms with Gasteiger partial charge in [0, 0.05) is 36.9 Å². The van der Waals surface area contributed by atoms with Crippen LogP contribution in [0.2, 0.25) is 0 Å². The molecule has 0 aliphatic heterocycles. The lowest BCUT2D eigenvalue weighted by Gasteiger charge is -2.35. The van der Waals surface area contributed by atoms with Crippen molar-refractivity contribution in [3.8, 4) is 0 Å². The first-order chi connectivity index (χ1) is 8.36. The van der Waals surface area contributed by atoms with Gasteiger partial charge in [0.05, 0.1) is 0 Å². The van der Waals surface area contributed by atoms with E-state index in [9.17, 15) is 4.79 Å². The van der Waals surface area contributed by atoms with Crippen LogP contribution in [0.4, 0.5) is 0 Å². The first-order valence-corrected chi connectivity index (χ1v) is 6.47. The van der Waals surface area contributed by atoms with E-state index in [2.05, 4.69) is 30.6 Å². The van der Waals surface area contributed by atoms with Gasteiger partial charge in [-0.3, -0.25) is 4.79 Å². The zero-order valence-corrected chi connectivity index (χ0v) is 11.7. The van der Waals surface area contributed by atoms with Crippen LogP contribution in [0.3, 0.4) is 0 Å². The second-order valence-corrected chi connectivity index (χ2v) is 5.57. The van der Waals surface area contributed by atoms with Crippen molar-refractivity contribution in [3.63, 3.8) is 0 Å². The summed E-state index contributed by atoms with van der Waals surface area (Å²) in [5.41, 5.74) is 6.32. The Kier molecular flexibility index (Phi) is 4.82. The predicted octanol–water partition coefficient (Wildman–Crippen LogP) is 1.60. The molecule has 0 radical (unpaired) electrons. The van der Waals surface area contributed by atoms with Gasteiger partial charge in [-0.15, -0.1) is 0 Å². The summed E-state index contributed by atoms with van der Waals surface area (Å²) >= 11 is 0. The Labute approximate surface area is 110 Å². The molecule has 1 aliphatic carbocycles. The molecule has 0 unspecified atom stereocenters. The van der Waals surface area contributed by atoms with Crippen LogP contribution in [0.15, 0.2) is 24.6 Å². The number of nitrogens with zero attached hydrogens (tertiary/aromatic N) is 1. The van der Waals surface area contributed by atoms with E-state index in [1.54, 1.807) is 6.08 Å². The molecule has 1 fully saturated rings. The Morgan fingerprint density at radius 1 is 1.56 bits per heavy atom. The highest BCUT2D eigenvalue weighted by Crippen LogP contribution is 2.28. The summed E-state index contributed by atoms with van der Waals surface area (Å²) < 4.78 is 0. The summed E-state index contributed by atoms with van der Waals surface area (Å²) in [5.74, 6) is 0.483. The molecule has 0 heterocycles. The molecule has 4 nitrogen and oxygen atoms in total. The smallest absolute Gasteiger partial charge is 0.223 e. The second kappa shape index (κ2) is 5.94. The molecule has 0 aromatic heterocycles. The molecule has 4 heteroatoms. The van der Waals surface area contributed by atoms with Gasteiger partial charge in [-0.25, -0.2) is 0 Å². The van der Waals surface area contributed by atoms with Crippen LogP contribution in [0.25, 0.3) is 0 Å². The van der Waals surface area contributed by atoms with Crippen LogP contribution in [0.5, 0.6) is 0 Å². The number of rotatable bonds is 7. The molecule has 1 rings (SSSR count). The Morgan fingerprint density at radius 3 is 2.67 bits per heavy atom. The van der Waals surface area contributed by atoms with Gasteiger partial charge in [0.1, 0.15) is 0 Å². The molecule has 1 amide bonds. The average Bonchev–Trinajstić information content (AvgIpc) is 3.12. The van der Waals surface area contributed by atoms with Crippen LogP contribution in [0.1, 0.15) is 33.1 Å². The molecular formula is C14H25N3O. The quantitative estimate of drug-likeness (QED) is 0.676. The van der Waals surface area contributed by atoms with E-state index in [0.717, 1.165) is 19.3 Å². The highest BCUT2D eigenvalue weighted by atomic mass is 16.2. The number of allylic oxidation sites excluding steroid dienone is 1. The summed E-state index contributed by atoms with van der Waals surface area (Å²) in [5, 5.41) is 2.99. The molecule has 1 saturated carbocycles. The Hall–Kier alpha value is -1.45. The SMILES string of the molecule is C=C/C(N)=C\N(C)C(C)(C)CCNC(=O)C1CC1. The maximum Gasteiger partial charge on any atom is 0.223 e. The van der Waals surface area contributed by atoms with E-state index >= 15 is 0 Å². The van der Waals surface area contributed by atoms with Gasteiger partial charge in [-0.05, 0) is 39.2 Å². The molecule has 0 saturated heterocycles. The fraction of sp³-hybridized carbons (Fsp3) is 0.643. The molecule has 1 aliphatic rings. The standard InChI is InChI=1S/C14H25N3O/c1-5-12(15)10-17(4)14(2,3)8-9-16-13(18)11-6-7-11/h5,10-11H,1,6-9,15H2,2-4H3,(H,16,18)/b12-10+. The van der Waals surface area contributed by atoms with E-state index in [1.807, 2.05) is 13.2 Å². The van der Waals surface area contributed by atoms with E-state index in [4.69, 9.17) is 5.73 Å². The summed E-state index contributed by atoms with van der Waals surface area (Å²) in [4.78, 5) is 13.6. The molecule has 0 bridgehead atoms. The van der Waals surface area contributed by atoms with Crippen molar-refractivity contribution < 1.29 is 4.79 Å². The fourth-order valence-corrected chi connectivity index (χ4v) is 1.61. The van der Waals surface area contributed by atoms with Crippen LogP contribution >= 0.6 is 0 Å². The largest absolute Gasteiger partial charge is 0.398 e. The molecule has 102 valence electrons. The fourth-order valence-electron chi connectivity index (χ4n) is 1.61. The van der Waals surface area contributed by atoms with Gasteiger partial charge in [0.15, 0.2) is 0 Å². The van der Waals surface area contributed by atoms with Gasteiger partial charge in [-0.1, -0.05) is 6.58 Å². The predicted molar refractivity (Wildman–Crippen MR) is 74.7 cm³/mol. The summed E-state index contributed by atoms with van der Waals surface area (Å²) in [6.07, 6.45) is 6.47. The highest BCUT2D eigenvalue weighted by molar-refractivity contribution is 5.80. The van der Waals surface area contributed by atoms with Crippen molar-refractivity contribution in [3.05, 3.63) is 24.6 Å². The molecule has 0 aromatic rings. The maximum atomic E-state index is 11.5. The zero-order valence-electron chi connectivity index (χ0n) is 11.7. The number of carbonyl (C=O) groups is 1. The minimum atomic E-state index is -0.0511. The van der Waals surface area contributed by atoms with Crippen LogP contribution in [0, 0.1) is 5.92 Å². The molecule has 0 atom stereocenters. The third-order valence-electron chi connectivity index (χ3n) is 3.52. The monoisotopic (exact) mass is 251 g/mol. The number of hydrogen-bond donors (Lipinski definition) is 2. The van der Waals surface area contributed by atoms with E-state index < -0.39 is 0 Å². The van der Waals surface area contributed by atoms with Crippen molar-refractivity contribution in [2.75, 3.05) is 13.6 Å². The average molecular weight is 251 g/mol. The molecular weight excluding hydrogens is 226 g/mol. The van der Waals surface area contributed by atoms with Crippen LogP contribution in [-0.4, -0.2) is 29.9 Å². The maximum absolute atomic E-state index is 11.5. The van der Waals surface area contributed by atoms with Crippen molar-refractivity contribution in [2.24, 2.45) is 11.7 Å². The van der Waals surface area contributed by atoms with Crippen LogP contribution in [-0.2, 0) is 4.79 Å². The minimum Gasteiger partial charge on any atom is -0.398 e. The summed E-state index contributed by atoms with van der Waals surface area (Å²) in [6.45, 7) is 8.59. The lowest BCUT2D eigenvalue weighted by atomic mass is 9.99. The normalized spacial score (nSPS) is 16.3. The Bertz CT molecular complexity index is 343. The number of nitrogens with two attached hydrogens (primary N) is 1. The summed E-state index contributed by atoms with van der Waals surface area (Å²) in [6, 6.07) is 0. The van der Waals surface area contributed by atoms with Gasteiger partial charge in [0.25, 0.3) is 0 Å². The first kappa shape index (κ1) is 14.6. The Balaban J connectivity index is 2.37. The van der Waals surface area contributed by atoms with Crippen LogP contribution < -0.4 is 11.1 Å². The lowest BCUT2D eigenvalue weighted by Crippen LogP contribution is -2.41. The Morgan fingerprint density at radius 2 is 2.17 bits per heavy atom. The number of hydrogen-bond acceptors (Lipinski definition) is 3. The van der Waals surface area contributed by atoms with E-state index in [-0.39, 0.29) is 17.4 Å². The van der Waals surface area contributed by atoms with Crippen molar-refractivity contribution >= 4 is 5.91 Å². The van der Waals surface area contributed by atoms with Crippen molar-refractivity contribution in [1.29, 1.82) is 0 Å². The number of amides is 1. The van der Waals surface area contributed by atoms with Gasteiger partial charge in [0.2, 0.25) is 5.91 Å². The van der Waals surface area contributed by atoms with Gasteiger partial charge in [-0.2, -0.15) is 0 Å². The zero-order chi connectivity index (χ0) is 13.8. The molecule has 3 N–H and O–H groups in total. The first-order valence-electron chi connectivity index (χ1n) is 6.47. The van der Waals surface area contributed by atoms with E-state index in [1.165, 1.54) is 0 Å². The van der Waals surface area contributed by atoms with E-state index in [0.29, 0.717) is 12.2 Å². The molecule has 18 heavy (non-hydrogen) atoms. The van der Waals surface area contributed by atoms with Crippen molar-refractivity contribution in [2.45, 2.75) is 38.6 Å². The summed E-state index contributed by atoms with van der Waals surface area (Å²) in [7, 11) is 1.99. The second-order valence-electron chi connectivity index (χ2n) is 5.57. The third kappa shape index (κ3) is 4.43. The third-order valence-corrected chi connectivity index (χ3v) is 3.52.